The number of rotatable bonds is 4. The molecule has 1 aliphatic rings. The fourth-order valence-electron chi connectivity index (χ4n) is 3.51. The number of carbonyl (C=O) groups is 1. The van der Waals surface area contributed by atoms with Crippen molar-refractivity contribution < 1.29 is 39.6 Å². The van der Waals surface area contributed by atoms with E-state index in [1.807, 2.05) is 5.43 Å². The van der Waals surface area contributed by atoms with Gasteiger partial charge >= 0.3 is 18.3 Å². The maximum atomic E-state index is 14.0. The normalized spacial score (nSPS) is 21.3. The van der Waals surface area contributed by atoms with Crippen LogP contribution < -0.4 is 10.7 Å². The largest absolute Gasteiger partial charge is 0.471 e. The van der Waals surface area contributed by atoms with Gasteiger partial charge in [0.2, 0.25) is 0 Å². The van der Waals surface area contributed by atoms with Crippen LogP contribution in [0.3, 0.4) is 0 Å². The molecule has 1 amide bonds. The number of alkyl halides is 6. The van der Waals surface area contributed by atoms with Gasteiger partial charge in [-0.25, -0.2) is 8.42 Å². The zero-order chi connectivity index (χ0) is 23.9. The second-order valence-corrected chi connectivity index (χ2v) is 9.01. The molecule has 32 heavy (non-hydrogen) atoms. The summed E-state index contributed by atoms with van der Waals surface area (Å²) in [5, 5.41) is 5.15. The number of anilines is 1. The van der Waals surface area contributed by atoms with Gasteiger partial charge in [0.15, 0.2) is 15.9 Å². The second-order valence-electron chi connectivity index (χ2n) is 7.03. The first-order valence-corrected chi connectivity index (χ1v) is 10.7. The Labute approximate surface area is 178 Å². The number of nitrogens with one attached hydrogen (secondary N) is 2. The minimum atomic E-state index is -5.16. The molecule has 2 atom stereocenters. The monoisotopic (exact) mass is 479 g/mol. The molecule has 0 aromatic heterocycles. The van der Waals surface area contributed by atoms with Gasteiger partial charge in [-0.3, -0.25) is 10.2 Å². The van der Waals surface area contributed by atoms with E-state index >= 15 is 0 Å². The Morgan fingerprint density at radius 3 is 2.16 bits per heavy atom. The Balaban J connectivity index is 2.19. The van der Waals surface area contributed by atoms with Gasteiger partial charge in [-0.05, 0) is 29.3 Å². The molecule has 0 saturated carbocycles. The van der Waals surface area contributed by atoms with Crippen LogP contribution in [-0.2, 0) is 20.0 Å². The molecule has 0 spiro atoms. The fraction of sp³-hybridized carbons (Fsp3) is 0.263. The Hall–Kier alpha value is -3.09. The number of amides is 1. The molecule has 6 nitrogen and oxygen atoms in total. The van der Waals surface area contributed by atoms with E-state index in [2.05, 4.69) is 5.10 Å². The molecule has 13 heteroatoms. The number of benzene rings is 2. The molecule has 0 fully saturated rings. The molecule has 1 heterocycles. The average molecular weight is 479 g/mol. The van der Waals surface area contributed by atoms with Crippen molar-refractivity contribution in [2.24, 2.45) is 5.10 Å². The van der Waals surface area contributed by atoms with Crippen LogP contribution in [0.5, 0.6) is 0 Å². The lowest BCUT2D eigenvalue weighted by atomic mass is 9.70. The number of nitrogens with zero attached hydrogens (tertiary/aromatic N) is 1. The molecule has 0 aliphatic carbocycles. The molecule has 2 aromatic rings. The molecular formula is C19H15F6N3O3S. The average Bonchev–Trinajstić information content (AvgIpc) is 3.14. The highest BCUT2D eigenvalue weighted by atomic mass is 32.2. The smallest absolute Gasteiger partial charge is 0.318 e. The Kier molecular flexibility index (Phi) is 5.74. The summed E-state index contributed by atoms with van der Waals surface area (Å²) in [4.78, 5) is 10.8. The molecule has 0 saturated heterocycles. The number of carbonyl (C=O) groups excluding carboxylic acids is 1. The topological polar surface area (TPSA) is 87.6 Å². The Bertz CT molecular complexity index is 1160. The molecule has 3 rings (SSSR count). The summed E-state index contributed by atoms with van der Waals surface area (Å²) in [7, 11) is -3.97. The summed E-state index contributed by atoms with van der Waals surface area (Å²) in [5.74, 6) is -2.25. The van der Waals surface area contributed by atoms with E-state index in [1.54, 1.807) is 5.32 Å². The van der Waals surface area contributed by atoms with Crippen LogP contribution in [0, 0.1) is 0 Å². The van der Waals surface area contributed by atoms with Gasteiger partial charge in [0.1, 0.15) is 0 Å². The van der Waals surface area contributed by atoms with Gasteiger partial charge in [0, 0.05) is 18.2 Å². The van der Waals surface area contributed by atoms with Crippen molar-refractivity contribution in [3.63, 3.8) is 0 Å². The Morgan fingerprint density at radius 2 is 1.62 bits per heavy atom. The predicted octanol–water partition coefficient (Wildman–Crippen LogP) is 3.40. The van der Waals surface area contributed by atoms with E-state index in [0.717, 1.165) is 42.8 Å². The van der Waals surface area contributed by atoms with Gasteiger partial charge in [-0.15, -0.1) is 0 Å². The van der Waals surface area contributed by atoms with E-state index in [-0.39, 0.29) is 21.7 Å². The van der Waals surface area contributed by atoms with Crippen LogP contribution in [0.1, 0.15) is 11.1 Å². The zero-order valence-corrected chi connectivity index (χ0v) is 16.9. The van der Waals surface area contributed by atoms with Crippen molar-refractivity contribution in [2.75, 3.05) is 11.6 Å². The van der Waals surface area contributed by atoms with E-state index in [4.69, 9.17) is 0 Å². The van der Waals surface area contributed by atoms with Crippen molar-refractivity contribution in [1.29, 1.82) is 0 Å². The van der Waals surface area contributed by atoms with Crippen molar-refractivity contribution in [3.8, 4) is 0 Å². The minimum absolute atomic E-state index is 0.102. The minimum Gasteiger partial charge on any atom is -0.318 e. The van der Waals surface area contributed by atoms with Gasteiger partial charge < -0.3 is 5.32 Å². The number of hydrazone groups is 1. The van der Waals surface area contributed by atoms with Crippen LogP contribution in [0.15, 0.2) is 58.5 Å². The zero-order valence-electron chi connectivity index (χ0n) is 16.1. The first-order valence-electron chi connectivity index (χ1n) is 8.82. The molecule has 1 aliphatic heterocycles. The maximum absolute atomic E-state index is 14.0. The van der Waals surface area contributed by atoms with Gasteiger partial charge in [-0.1, -0.05) is 30.3 Å². The summed E-state index contributed by atoms with van der Waals surface area (Å²) in [6, 6.07) is 6.85. The van der Waals surface area contributed by atoms with Gasteiger partial charge in [0.25, 0.3) is 0 Å². The fourth-order valence-corrected chi connectivity index (χ4v) is 4.47. The van der Waals surface area contributed by atoms with E-state index < -0.39 is 39.6 Å². The van der Waals surface area contributed by atoms with Gasteiger partial charge in [0.05, 0.1) is 10.3 Å². The third-order valence-corrected chi connectivity index (χ3v) is 6.02. The molecule has 2 N–H and O–H groups in total. The summed E-state index contributed by atoms with van der Waals surface area (Å²) >= 11 is 0. The molecule has 0 bridgehead atoms. The highest BCUT2D eigenvalue weighted by molar-refractivity contribution is 7.90. The van der Waals surface area contributed by atoms with Crippen molar-refractivity contribution in [1.82, 2.24) is 5.43 Å². The summed E-state index contributed by atoms with van der Waals surface area (Å²) in [5.41, 5.74) is -0.818. The van der Waals surface area contributed by atoms with Gasteiger partial charge in [-0.2, -0.15) is 31.4 Å². The lowest BCUT2D eigenvalue weighted by Gasteiger charge is -2.36. The van der Waals surface area contributed by atoms with Crippen LogP contribution in [-0.4, -0.2) is 45.2 Å². The van der Waals surface area contributed by atoms with Crippen molar-refractivity contribution in [3.05, 3.63) is 59.7 Å². The third-order valence-electron chi connectivity index (χ3n) is 4.86. The number of hydrogen-bond donors (Lipinski definition) is 2. The number of sulfone groups is 1. The standard InChI is InChI=1S/C19H15F6N3O3S/c1-32(30,31)14-5-3-2-4-13(14)17(10-26-28-15(17)18(20,21)22)11-6-8-12(9-7-11)27-16(29)19(23,24)25/h2-10,15,28H,1H3,(H,27,29). The molecule has 0 radical (unpaired) electrons. The molecule has 2 aromatic carbocycles. The first-order chi connectivity index (χ1) is 14.7. The lowest BCUT2D eigenvalue weighted by molar-refractivity contribution is -0.167. The molecule has 172 valence electrons. The van der Waals surface area contributed by atoms with Crippen LogP contribution >= 0.6 is 0 Å². The van der Waals surface area contributed by atoms with Crippen LogP contribution in [0.2, 0.25) is 0 Å². The first kappa shape index (κ1) is 23.6. The van der Waals surface area contributed by atoms with Crippen molar-refractivity contribution >= 4 is 27.6 Å². The highest BCUT2D eigenvalue weighted by Gasteiger charge is 2.58. The van der Waals surface area contributed by atoms with Crippen LogP contribution in [0.4, 0.5) is 32.0 Å². The number of hydrogen-bond acceptors (Lipinski definition) is 5. The van der Waals surface area contributed by atoms with E-state index in [9.17, 15) is 39.6 Å². The SMILES string of the molecule is CS(=O)(=O)c1ccccc1C1(c2ccc(NC(=O)C(F)(F)F)cc2)C=NNC1C(F)(F)F. The van der Waals surface area contributed by atoms with E-state index in [0.29, 0.717) is 0 Å². The van der Waals surface area contributed by atoms with Crippen molar-refractivity contribution in [2.45, 2.75) is 28.7 Å². The third kappa shape index (κ3) is 4.29. The van der Waals surface area contributed by atoms with Crippen LogP contribution in [0.25, 0.3) is 0 Å². The quantitative estimate of drug-likeness (QED) is 0.659. The lowest BCUT2D eigenvalue weighted by Crippen LogP contribution is -2.53. The summed E-state index contributed by atoms with van der Waals surface area (Å²) in [6.45, 7) is 0. The highest BCUT2D eigenvalue weighted by Crippen LogP contribution is 2.45. The second kappa shape index (κ2) is 7.80. The van der Waals surface area contributed by atoms with E-state index in [1.165, 1.54) is 18.2 Å². The molecule has 2 unspecified atom stereocenters. The molecular weight excluding hydrogens is 464 g/mol. The Morgan fingerprint density at radius 1 is 1.03 bits per heavy atom. The summed E-state index contributed by atoms with van der Waals surface area (Å²) < 4.78 is 104. The number of halogens is 6. The summed E-state index contributed by atoms with van der Waals surface area (Å²) in [6.07, 6.45) is -8.28. The predicted molar refractivity (Wildman–Crippen MR) is 103 cm³/mol. The maximum Gasteiger partial charge on any atom is 0.471 e.